The van der Waals surface area contributed by atoms with E-state index in [1.54, 1.807) is 18.3 Å². The van der Waals surface area contributed by atoms with E-state index in [2.05, 4.69) is 14.9 Å². The standard InChI is InChI=1S/C16H19F2N3/c17-16(18)13-4-1-3-12(9-13)10-20-14-5-2-6-15(14)21-8-7-19-11-21/h1,3-4,7-9,11,14-16,20H,2,5-6,10H2. The second-order valence-electron chi connectivity index (χ2n) is 5.54. The van der Waals surface area contributed by atoms with Crippen molar-refractivity contribution in [3.05, 3.63) is 54.1 Å². The van der Waals surface area contributed by atoms with Gasteiger partial charge < -0.3 is 9.88 Å². The summed E-state index contributed by atoms with van der Waals surface area (Å²) in [4.78, 5) is 4.10. The first-order valence-electron chi connectivity index (χ1n) is 7.32. The van der Waals surface area contributed by atoms with Crippen molar-refractivity contribution in [2.75, 3.05) is 0 Å². The van der Waals surface area contributed by atoms with E-state index in [1.165, 1.54) is 12.5 Å². The number of rotatable bonds is 5. The molecule has 1 aliphatic rings. The van der Waals surface area contributed by atoms with Gasteiger partial charge in [0.1, 0.15) is 0 Å². The van der Waals surface area contributed by atoms with E-state index in [9.17, 15) is 8.78 Å². The summed E-state index contributed by atoms with van der Waals surface area (Å²) in [5.74, 6) is 0. The molecule has 1 saturated carbocycles. The minimum atomic E-state index is -2.41. The average Bonchev–Trinajstić information content (AvgIpc) is 3.16. The Morgan fingerprint density at radius 2 is 2.24 bits per heavy atom. The van der Waals surface area contributed by atoms with Crippen LogP contribution in [0.2, 0.25) is 0 Å². The van der Waals surface area contributed by atoms with Gasteiger partial charge in [-0.2, -0.15) is 0 Å². The molecular formula is C16H19F2N3. The van der Waals surface area contributed by atoms with Crippen LogP contribution in [0.1, 0.15) is 42.9 Å². The van der Waals surface area contributed by atoms with Gasteiger partial charge in [-0.1, -0.05) is 18.2 Å². The molecule has 3 nitrogen and oxygen atoms in total. The number of nitrogens with one attached hydrogen (secondary N) is 1. The number of nitrogens with zero attached hydrogens (tertiary/aromatic N) is 2. The third-order valence-electron chi connectivity index (χ3n) is 4.16. The van der Waals surface area contributed by atoms with Gasteiger partial charge in [0.2, 0.25) is 0 Å². The summed E-state index contributed by atoms with van der Waals surface area (Å²) in [6.45, 7) is 0.621. The summed E-state index contributed by atoms with van der Waals surface area (Å²) in [6, 6.07) is 7.41. The van der Waals surface area contributed by atoms with Crippen molar-refractivity contribution in [1.82, 2.24) is 14.9 Å². The highest BCUT2D eigenvalue weighted by molar-refractivity contribution is 5.24. The minimum absolute atomic E-state index is 0.0897. The molecule has 21 heavy (non-hydrogen) atoms. The molecule has 2 unspecified atom stereocenters. The maximum atomic E-state index is 12.7. The summed E-state index contributed by atoms with van der Waals surface area (Å²) < 4.78 is 27.6. The number of aromatic nitrogens is 2. The van der Waals surface area contributed by atoms with Crippen molar-refractivity contribution in [2.45, 2.75) is 44.3 Å². The summed E-state index contributed by atoms with van der Waals surface area (Å²) in [7, 11) is 0. The van der Waals surface area contributed by atoms with E-state index in [1.807, 2.05) is 18.6 Å². The van der Waals surface area contributed by atoms with Gasteiger partial charge in [0, 0.05) is 36.6 Å². The van der Waals surface area contributed by atoms with Crippen LogP contribution in [0.5, 0.6) is 0 Å². The Hall–Kier alpha value is -1.75. The first-order chi connectivity index (χ1) is 10.2. The topological polar surface area (TPSA) is 29.9 Å². The molecular weight excluding hydrogens is 272 g/mol. The SMILES string of the molecule is FC(F)c1cccc(CNC2CCCC2n2ccnc2)c1. The highest BCUT2D eigenvalue weighted by Crippen LogP contribution is 2.30. The van der Waals surface area contributed by atoms with Crippen LogP contribution in [0, 0.1) is 0 Å². The Balaban J connectivity index is 1.63. The Kier molecular flexibility index (Phi) is 4.29. The molecule has 3 rings (SSSR count). The van der Waals surface area contributed by atoms with Crippen molar-refractivity contribution in [3.8, 4) is 0 Å². The summed E-state index contributed by atoms with van der Waals surface area (Å²) in [5.41, 5.74) is 0.996. The zero-order chi connectivity index (χ0) is 14.7. The van der Waals surface area contributed by atoms with Crippen LogP contribution < -0.4 is 5.32 Å². The van der Waals surface area contributed by atoms with Crippen molar-refractivity contribution < 1.29 is 8.78 Å². The van der Waals surface area contributed by atoms with Crippen molar-refractivity contribution in [1.29, 1.82) is 0 Å². The monoisotopic (exact) mass is 291 g/mol. The van der Waals surface area contributed by atoms with Gasteiger partial charge in [-0.25, -0.2) is 13.8 Å². The smallest absolute Gasteiger partial charge is 0.263 e. The van der Waals surface area contributed by atoms with Crippen LogP contribution in [-0.4, -0.2) is 15.6 Å². The largest absolute Gasteiger partial charge is 0.333 e. The van der Waals surface area contributed by atoms with Crippen LogP contribution in [0.15, 0.2) is 43.0 Å². The number of imidazole rings is 1. The Morgan fingerprint density at radius 3 is 3.00 bits per heavy atom. The van der Waals surface area contributed by atoms with Crippen molar-refractivity contribution >= 4 is 0 Å². The molecule has 0 spiro atoms. The first kappa shape index (κ1) is 14.2. The van der Waals surface area contributed by atoms with Gasteiger partial charge in [0.25, 0.3) is 6.43 Å². The molecule has 0 saturated heterocycles. The van der Waals surface area contributed by atoms with E-state index in [0.29, 0.717) is 18.6 Å². The van der Waals surface area contributed by atoms with Gasteiger partial charge in [-0.3, -0.25) is 0 Å². The molecule has 1 aliphatic carbocycles. The second kappa shape index (κ2) is 6.35. The number of alkyl halides is 2. The Labute approximate surface area is 123 Å². The van der Waals surface area contributed by atoms with Crippen LogP contribution in [0.25, 0.3) is 0 Å². The molecule has 0 bridgehead atoms. The van der Waals surface area contributed by atoms with Crippen molar-refractivity contribution in [2.24, 2.45) is 0 Å². The zero-order valence-electron chi connectivity index (χ0n) is 11.8. The van der Waals surface area contributed by atoms with Gasteiger partial charge in [0.15, 0.2) is 0 Å². The highest BCUT2D eigenvalue weighted by Gasteiger charge is 2.27. The molecule has 0 radical (unpaired) electrons. The van der Waals surface area contributed by atoms with E-state index < -0.39 is 6.43 Å². The molecule has 1 aromatic carbocycles. The first-order valence-corrected chi connectivity index (χ1v) is 7.32. The molecule has 1 fully saturated rings. The highest BCUT2D eigenvalue weighted by atomic mass is 19.3. The Morgan fingerprint density at radius 1 is 1.33 bits per heavy atom. The third kappa shape index (κ3) is 3.29. The Bertz CT molecular complexity index is 569. The maximum absolute atomic E-state index is 12.7. The fraction of sp³-hybridized carbons (Fsp3) is 0.438. The minimum Gasteiger partial charge on any atom is -0.333 e. The van der Waals surface area contributed by atoms with Gasteiger partial charge in [-0.05, 0) is 30.9 Å². The van der Waals surface area contributed by atoms with E-state index in [-0.39, 0.29) is 5.56 Å². The van der Waals surface area contributed by atoms with Crippen molar-refractivity contribution in [3.63, 3.8) is 0 Å². The lowest BCUT2D eigenvalue weighted by atomic mass is 10.1. The molecule has 0 amide bonds. The van der Waals surface area contributed by atoms with Crippen LogP contribution in [0.4, 0.5) is 8.78 Å². The molecule has 1 heterocycles. The normalized spacial score (nSPS) is 22.0. The fourth-order valence-corrected chi connectivity index (χ4v) is 3.09. The lowest BCUT2D eigenvalue weighted by Gasteiger charge is -2.22. The molecule has 5 heteroatoms. The van der Waals surface area contributed by atoms with Gasteiger partial charge in [0.05, 0.1) is 6.33 Å². The lowest BCUT2D eigenvalue weighted by molar-refractivity contribution is 0.151. The van der Waals surface area contributed by atoms with Gasteiger partial charge >= 0.3 is 0 Å². The number of hydrogen-bond acceptors (Lipinski definition) is 2. The van der Waals surface area contributed by atoms with Crippen LogP contribution in [-0.2, 0) is 6.54 Å². The summed E-state index contributed by atoms with van der Waals surface area (Å²) in [5, 5.41) is 3.51. The number of benzene rings is 1. The van der Waals surface area contributed by atoms with E-state index in [4.69, 9.17) is 0 Å². The number of hydrogen-bond donors (Lipinski definition) is 1. The van der Waals surface area contributed by atoms with Gasteiger partial charge in [-0.15, -0.1) is 0 Å². The third-order valence-corrected chi connectivity index (χ3v) is 4.16. The van der Waals surface area contributed by atoms with Crippen LogP contribution >= 0.6 is 0 Å². The molecule has 2 aromatic rings. The lowest BCUT2D eigenvalue weighted by Crippen LogP contribution is -2.33. The molecule has 1 N–H and O–H groups in total. The maximum Gasteiger partial charge on any atom is 0.263 e. The summed E-state index contributed by atoms with van der Waals surface area (Å²) >= 11 is 0. The quantitative estimate of drug-likeness (QED) is 0.910. The van der Waals surface area contributed by atoms with E-state index >= 15 is 0 Å². The van der Waals surface area contributed by atoms with Crippen LogP contribution in [0.3, 0.4) is 0 Å². The second-order valence-corrected chi connectivity index (χ2v) is 5.54. The number of halogens is 2. The fourth-order valence-electron chi connectivity index (χ4n) is 3.09. The molecule has 2 atom stereocenters. The predicted octanol–water partition coefficient (Wildman–Crippen LogP) is 3.70. The predicted molar refractivity (Wildman–Crippen MR) is 77.1 cm³/mol. The molecule has 1 aromatic heterocycles. The molecule has 112 valence electrons. The van der Waals surface area contributed by atoms with E-state index in [0.717, 1.165) is 18.4 Å². The molecule has 0 aliphatic heterocycles. The average molecular weight is 291 g/mol. The summed E-state index contributed by atoms with van der Waals surface area (Å²) in [6.07, 6.45) is 6.64. The zero-order valence-corrected chi connectivity index (χ0v) is 11.8.